The maximum Gasteiger partial charge on any atom is 0.227 e. The fraction of sp³-hybridized carbons (Fsp3) is 0.263. The highest BCUT2D eigenvalue weighted by Crippen LogP contribution is 2.33. The third-order valence-corrected chi connectivity index (χ3v) is 5.08. The molecule has 5 nitrogen and oxygen atoms in total. The van der Waals surface area contributed by atoms with Crippen molar-refractivity contribution in [1.82, 2.24) is 5.32 Å². The van der Waals surface area contributed by atoms with Crippen LogP contribution in [0.4, 0.5) is 5.69 Å². The zero-order valence-corrected chi connectivity index (χ0v) is 15.7. The average molecular weight is 393 g/mol. The minimum Gasteiger partial charge on any atom is -0.495 e. The van der Waals surface area contributed by atoms with E-state index < -0.39 is 5.92 Å². The lowest BCUT2D eigenvalue weighted by Crippen LogP contribution is -2.32. The fourth-order valence-corrected chi connectivity index (χ4v) is 3.52. The van der Waals surface area contributed by atoms with Gasteiger partial charge in [-0.3, -0.25) is 9.59 Å². The van der Waals surface area contributed by atoms with E-state index >= 15 is 0 Å². The second-order valence-electron chi connectivity index (χ2n) is 6.00. The van der Waals surface area contributed by atoms with Gasteiger partial charge in [0.15, 0.2) is 0 Å². The Kier molecular flexibility index (Phi) is 5.69. The van der Waals surface area contributed by atoms with Crippen LogP contribution in [0.25, 0.3) is 0 Å². The molecule has 3 rings (SSSR count). The summed E-state index contributed by atoms with van der Waals surface area (Å²) in [4.78, 5) is 26.5. The smallest absolute Gasteiger partial charge is 0.227 e. The van der Waals surface area contributed by atoms with Crippen LogP contribution in [-0.4, -0.2) is 25.5 Å². The Labute approximate surface area is 161 Å². The number of nitrogens with one attached hydrogen (secondary N) is 1. The first-order valence-electron chi connectivity index (χ1n) is 8.15. The van der Waals surface area contributed by atoms with Crippen molar-refractivity contribution in [2.24, 2.45) is 5.92 Å². The molecule has 2 amide bonds. The number of para-hydroxylation sites is 2. The van der Waals surface area contributed by atoms with Gasteiger partial charge in [0.05, 0.1) is 18.7 Å². The van der Waals surface area contributed by atoms with E-state index in [0.717, 1.165) is 0 Å². The molecule has 1 aliphatic rings. The van der Waals surface area contributed by atoms with E-state index in [4.69, 9.17) is 27.9 Å². The van der Waals surface area contributed by atoms with Crippen LogP contribution in [0.5, 0.6) is 5.75 Å². The Morgan fingerprint density at radius 2 is 1.88 bits per heavy atom. The molecule has 0 aromatic heterocycles. The molecule has 0 bridgehead atoms. The van der Waals surface area contributed by atoms with Crippen molar-refractivity contribution in [2.45, 2.75) is 13.0 Å². The van der Waals surface area contributed by atoms with Crippen molar-refractivity contribution >= 4 is 40.7 Å². The first-order chi connectivity index (χ1) is 12.5. The summed E-state index contributed by atoms with van der Waals surface area (Å²) < 4.78 is 5.31. The predicted octanol–water partition coefficient (Wildman–Crippen LogP) is 3.67. The molecule has 1 unspecified atom stereocenters. The van der Waals surface area contributed by atoms with Crippen molar-refractivity contribution in [1.29, 1.82) is 0 Å². The summed E-state index contributed by atoms with van der Waals surface area (Å²) in [6.07, 6.45) is 0.153. The number of benzene rings is 2. The van der Waals surface area contributed by atoms with Crippen LogP contribution in [-0.2, 0) is 16.1 Å². The third kappa shape index (κ3) is 3.79. The van der Waals surface area contributed by atoms with Crippen molar-refractivity contribution in [3.8, 4) is 5.75 Å². The molecule has 1 atom stereocenters. The number of anilines is 1. The number of hydrogen-bond donors (Lipinski definition) is 1. The highest BCUT2D eigenvalue weighted by molar-refractivity contribution is 6.36. The van der Waals surface area contributed by atoms with Crippen LogP contribution in [0, 0.1) is 5.92 Å². The number of halogens is 2. The Morgan fingerprint density at radius 1 is 1.19 bits per heavy atom. The molecule has 26 heavy (non-hydrogen) atoms. The van der Waals surface area contributed by atoms with Crippen LogP contribution in [0.2, 0.25) is 10.0 Å². The Morgan fingerprint density at radius 3 is 2.58 bits per heavy atom. The van der Waals surface area contributed by atoms with E-state index in [1.807, 2.05) is 12.1 Å². The number of rotatable bonds is 5. The van der Waals surface area contributed by atoms with Crippen LogP contribution in [0.3, 0.4) is 0 Å². The van der Waals surface area contributed by atoms with E-state index in [9.17, 15) is 9.59 Å². The number of nitrogens with zero attached hydrogens (tertiary/aromatic N) is 1. The first-order valence-corrected chi connectivity index (χ1v) is 8.91. The van der Waals surface area contributed by atoms with Crippen LogP contribution in [0.1, 0.15) is 12.0 Å². The van der Waals surface area contributed by atoms with Gasteiger partial charge >= 0.3 is 0 Å². The fourth-order valence-electron chi connectivity index (χ4n) is 2.99. The standard InChI is InChI=1S/C19H18Cl2N2O3/c1-26-17-8-3-2-7-16(17)23-11-12(9-18(23)24)19(25)22-10-13-14(20)5-4-6-15(13)21/h2-8,12H,9-11H2,1H3,(H,22,25). The predicted molar refractivity (Wildman–Crippen MR) is 102 cm³/mol. The molecular formula is C19H18Cl2N2O3. The molecule has 0 radical (unpaired) electrons. The molecule has 1 fully saturated rings. The SMILES string of the molecule is COc1ccccc1N1CC(C(=O)NCc2c(Cl)cccc2Cl)CC1=O. The number of amides is 2. The van der Waals surface area contributed by atoms with Gasteiger partial charge in [-0.1, -0.05) is 41.4 Å². The Bertz CT molecular complexity index is 821. The molecule has 0 spiro atoms. The summed E-state index contributed by atoms with van der Waals surface area (Å²) in [7, 11) is 1.55. The first kappa shape index (κ1) is 18.5. The average Bonchev–Trinajstić information content (AvgIpc) is 3.02. The second-order valence-corrected chi connectivity index (χ2v) is 6.81. The van der Waals surface area contributed by atoms with Gasteiger partial charge in [-0.2, -0.15) is 0 Å². The minimum atomic E-state index is -0.436. The van der Waals surface area contributed by atoms with Crippen molar-refractivity contribution < 1.29 is 14.3 Å². The summed E-state index contributed by atoms with van der Waals surface area (Å²) >= 11 is 12.2. The number of carbonyl (C=O) groups excluding carboxylic acids is 2. The monoisotopic (exact) mass is 392 g/mol. The van der Waals surface area contributed by atoms with Gasteiger partial charge in [0.1, 0.15) is 5.75 Å². The molecule has 1 heterocycles. The molecule has 136 valence electrons. The number of methoxy groups -OCH3 is 1. The lowest BCUT2D eigenvalue weighted by atomic mass is 10.1. The number of hydrogen-bond acceptors (Lipinski definition) is 3. The zero-order chi connectivity index (χ0) is 18.7. The van der Waals surface area contributed by atoms with E-state index in [1.54, 1.807) is 42.3 Å². The van der Waals surface area contributed by atoms with E-state index in [1.165, 1.54) is 0 Å². The van der Waals surface area contributed by atoms with Gasteiger partial charge in [0.25, 0.3) is 0 Å². The topological polar surface area (TPSA) is 58.6 Å². The molecule has 1 aliphatic heterocycles. The lowest BCUT2D eigenvalue weighted by Gasteiger charge is -2.19. The maximum absolute atomic E-state index is 12.5. The van der Waals surface area contributed by atoms with Gasteiger partial charge in [-0.05, 0) is 24.3 Å². The highest BCUT2D eigenvalue weighted by Gasteiger charge is 2.36. The van der Waals surface area contributed by atoms with Gasteiger partial charge in [-0.15, -0.1) is 0 Å². The van der Waals surface area contributed by atoms with E-state index in [0.29, 0.717) is 33.6 Å². The van der Waals surface area contributed by atoms with Crippen LogP contribution >= 0.6 is 23.2 Å². The molecule has 1 N–H and O–H groups in total. The quantitative estimate of drug-likeness (QED) is 0.844. The van der Waals surface area contributed by atoms with Crippen molar-refractivity contribution in [3.63, 3.8) is 0 Å². The van der Waals surface area contributed by atoms with E-state index in [2.05, 4.69) is 5.32 Å². The van der Waals surface area contributed by atoms with Gasteiger partial charge in [0, 0.05) is 35.1 Å². The summed E-state index contributed by atoms with van der Waals surface area (Å²) in [5.74, 6) is -0.143. The van der Waals surface area contributed by atoms with Crippen LogP contribution in [0.15, 0.2) is 42.5 Å². The van der Waals surface area contributed by atoms with Crippen molar-refractivity contribution in [3.05, 3.63) is 58.1 Å². The van der Waals surface area contributed by atoms with Gasteiger partial charge in [-0.25, -0.2) is 0 Å². The Balaban J connectivity index is 1.67. The summed E-state index contributed by atoms with van der Waals surface area (Å²) in [5, 5.41) is 3.82. The maximum atomic E-state index is 12.5. The number of carbonyl (C=O) groups is 2. The Hall–Kier alpha value is -2.24. The third-order valence-electron chi connectivity index (χ3n) is 4.37. The summed E-state index contributed by atoms with van der Waals surface area (Å²) in [6.45, 7) is 0.526. The summed E-state index contributed by atoms with van der Waals surface area (Å²) in [5.41, 5.74) is 1.33. The molecular weight excluding hydrogens is 375 g/mol. The molecule has 1 saturated heterocycles. The largest absolute Gasteiger partial charge is 0.495 e. The minimum absolute atomic E-state index is 0.106. The van der Waals surface area contributed by atoms with Crippen molar-refractivity contribution in [2.75, 3.05) is 18.6 Å². The normalized spacial score (nSPS) is 16.7. The highest BCUT2D eigenvalue weighted by atomic mass is 35.5. The molecule has 0 saturated carbocycles. The molecule has 2 aromatic carbocycles. The van der Waals surface area contributed by atoms with Gasteiger partial charge < -0.3 is 15.0 Å². The second kappa shape index (κ2) is 7.98. The number of ether oxygens (including phenoxy) is 1. The molecule has 0 aliphatic carbocycles. The lowest BCUT2D eigenvalue weighted by molar-refractivity contribution is -0.126. The zero-order valence-electron chi connectivity index (χ0n) is 14.2. The van der Waals surface area contributed by atoms with Crippen LogP contribution < -0.4 is 15.0 Å². The van der Waals surface area contributed by atoms with Gasteiger partial charge in [0.2, 0.25) is 11.8 Å². The molecule has 2 aromatic rings. The van der Waals surface area contributed by atoms with E-state index in [-0.39, 0.29) is 24.8 Å². The molecule has 7 heteroatoms. The summed E-state index contributed by atoms with van der Waals surface area (Å²) in [6, 6.07) is 12.4.